The molecule has 1 aromatic carbocycles. The Hall–Kier alpha value is -2.21. The molecular formula is C11H13N5O. The second-order valence-electron chi connectivity index (χ2n) is 3.52. The van der Waals surface area contributed by atoms with Crippen molar-refractivity contribution in [2.75, 3.05) is 6.54 Å². The Morgan fingerprint density at radius 2 is 2.12 bits per heavy atom. The Morgan fingerprint density at radius 1 is 1.35 bits per heavy atom. The number of carbonyl (C=O) groups excluding carboxylic acids is 1. The van der Waals surface area contributed by atoms with Crippen LogP contribution in [0.5, 0.6) is 0 Å². The highest BCUT2D eigenvalue weighted by atomic mass is 16.1. The lowest BCUT2D eigenvalue weighted by Crippen LogP contribution is -2.29. The van der Waals surface area contributed by atoms with Crippen molar-refractivity contribution in [3.8, 4) is 5.69 Å². The highest BCUT2D eigenvalue weighted by Crippen LogP contribution is 2.08. The summed E-state index contributed by atoms with van der Waals surface area (Å²) in [5.41, 5.74) is 6.02. The minimum atomic E-state index is -0.393. The zero-order valence-electron chi connectivity index (χ0n) is 9.21. The van der Waals surface area contributed by atoms with Gasteiger partial charge in [-0.2, -0.15) is 0 Å². The predicted molar refractivity (Wildman–Crippen MR) is 62.3 cm³/mol. The molecule has 0 aliphatic carbocycles. The summed E-state index contributed by atoms with van der Waals surface area (Å²) in [6.07, 6.45) is 1.64. The van der Waals surface area contributed by atoms with Crippen molar-refractivity contribution < 1.29 is 4.79 Å². The molecule has 0 unspecified atom stereocenters. The molecule has 0 aliphatic rings. The summed E-state index contributed by atoms with van der Waals surface area (Å²) < 4.78 is 1.86. The van der Waals surface area contributed by atoms with Gasteiger partial charge in [-0.15, -0.1) is 10.2 Å². The van der Waals surface area contributed by atoms with Gasteiger partial charge in [0.1, 0.15) is 6.33 Å². The fourth-order valence-corrected chi connectivity index (χ4v) is 1.48. The summed E-state index contributed by atoms with van der Waals surface area (Å²) >= 11 is 0. The third-order valence-electron chi connectivity index (χ3n) is 2.24. The molecule has 0 bridgehead atoms. The molecule has 0 saturated carbocycles. The monoisotopic (exact) mass is 231 g/mol. The molecule has 2 rings (SSSR count). The minimum Gasteiger partial charge on any atom is -0.369 e. The van der Waals surface area contributed by atoms with Crippen molar-refractivity contribution in [3.63, 3.8) is 0 Å². The molecule has 1 amide bonds. The molecular weight excluding hydrogens is 218 g/mol. The van der Waals surface area contributed by atoms with Crippen LogP contribution in [0.3, 0.4) is 0 Å². The third kappa shape index (κ3) is 2.88. The molecule has 0 aliphatic heterocycles. The van der Waals surface area contributed by atoms with Gasteiger partial charge in [-0.1, -0.05) is 18.2 Å². The van der Waals surface area contributed by atoms with Gasteiger partial charge in [0.05, 0.1) is 13.1 Å². The molecule has 6 heteroatoms. The third-order valence-corrected chi connectivity index (χ3v) is 2.24. The number of carbonyl (C=O) groups is 1. The summed E-state index contributed by atoms with van der Waals surface area (Å²) in [5.74, 6) is 0.341. The summed E-state index contributed by atoms with van der Waals surface area (Å²) in [5, 5.41) is 10.7. The van der Waals surface area contributed by atoms with Gasteiger partial charge >= 0.3 is 0 Å². The normalized spacial score (nSPS) is 10.4. The molecule has 1 aromatic heterocycles. The van der Waals surface area contributed by atoms with E-state index in [0.29, 0.717) is 6.54 Å². The maximum Gasteiger partial charge on any atom is 0.231 e. The van der Waals surface area contributed by atoms with E-state index in [4.69, 9.17) is 5.73 Å². The van der Waals surface area contributed by atoms with Crippen LogP contribution in [-0.2, 0) is 11.3 Å². The van der Waals surface area contributed by atoms with Gasteiger partial charge in [-0.25, -0.2) is 0 Å². The number of nitrogens with zero attached hydrogens (tertiary/aromatic N) is 3. The van der Waals surface area contributed by atoms with Crippen LogP contribution >= 0.6 is 0 Å². The molecule has 0 atom stereocenters. The highest BCUT2D eigenvalue weighted by Gasteiger charge is 2.05. The first kappa shape index (κ1) is 11.3. The van der Waals surface area contributed by atoms with E-state index in [9.17, 15) is 4.79 Å². The Bertz CT molecular complexity index is 494. The first-order valence-corrected chi connectivity index (χ1v) is 5.20. The number of para-hydroxylation sites is 1. The van der Waals surface area contributed by atoms with Crippen molar-refractivity contribution >= 4 is 5.91 Å². The molecule has 0 fully saturated rings. The van der Waals surface area contributed by atoms with E-state index in [-0.39, 0.29) is 6.54 Å². The van der Waals surface area contributed by atoms with Crippen LogP contribution in [0.1, 0.15) is 5.82 Å². The van der Waals surface area contributed by atoms with E-state index in [0.717, 1.165) is 11.5 Å². The van der Waals surface area contributed by atoms with Gasteiger partial charge in [-0.05, 0) is 12.1 Å². The van der Waals surface area contributed by atoms with Crippen molar-refractivity contribution in [1.29, 1.82) is 0 Å². The second-order valence-corrected chi connectivity index (χ2v) is 3.52. The van der Waals surface area contributed by atoms with E-state index in [1.54, 1.807) is 6.33 Å². The number of hydrogen-bond acceptors (Lipinski definition) is 4. The lowest BCUT2D eigenvalue weighted by atomic mass is 10.3. The average molecular weight is 231 g/mol. The standard InChI is InChI=1S/C11H13N5O/c12-10(17)6-13-7-11-15-14-8-16(11)9-4-2-1-3-5-9/h1-5,8,13H,6-7H2,(H2,12,17). The van der Waals surface area contributed by atoms with Crippen LogP contribution in [0.15, 0.2) is 36.7 Å². The van der Waals surface area contributed by atoms with Crippen molar-refractivity contribution in [2.24, 2.45) is 5.73 Å². The molecule has 3 N–H and O–H groups in total. The number of benzene rings is 1. The first-order chi connectivity index (χ1) is 8.27. The number of nitrogens with two attached hydrogens (primary N) is 1. The quantitative estimate of drug-likeness (QED) is 0.748. The lowest BCUT2D eigenvalue weighted by Gasteiger charge is -2.06. The maximum atomic E-state index is 10.6. The zero-order valence-corrected chi connectivity index (χ0v) is 9.21. The summed E-state index contributed by atoms with van der Waals surface area (Å²) in [7, 11) is 0. The topological polar surface area (TPSA) is 85.8 Å². The van der Waals surface area contributed by atoms with Crippen LogP contribution in [0.25, 0.3) is 5.69 Å². The first-order valence-electron chi connectivity index (χ1n) is 5.20. The van der Waals surface area contributed by atoms with Crippen LogP contribution in [0, 0.1) is 0 Å². The summed E-state index contributed by atoms with van der Waals surface area (Å²) in [6, 6.07) is 9.74. The second kappa shape index (κ2) is 5.22. The number of hydrogen-bond donors (Lipinski definition) is 2. The zero-order chi connectivity index (χ0) is 12.1. The van der Waals surface area contributed by atoms with Crippen LogP contribution < -0.4 is 11.1 Å². The molecule has 17 heavy (non-hydrogen) atoms. The molecule has 0 radical (unpaired) electrons. The van der Waals surface area contributed by atoms with Gasteiger partial charge in [0.25, 0.3) is 0 Å². The highest BCUT2D eigenvalue weighted by molar-refractivity contribution is 5.75. The number of aromatic nitrogens is 3. The van der Waals surface area contributed by atoms with E-state index >= 15 is 0 Å². The molecule has 0 spiro atoms. The lowest BCUT2D eigenvalue weighted by molar-refractivity contribution is -0.117. The van der Waals surface area contributed by atoms with Crippen molar-refractivity contribution in [2.45, 2.75) is 6.54 Å². The van der Waals surface area contributed by atoms with Crippen LogP contribution in [-0.4, -0.2) is 27.2 Å². The average Bonchev–Trinajstić information content (AvgIpc) is 2.78. The molecule has 88 valence electrons. The SMILES string of the molecule is NC(=O)CNCc1nncn1-c1ccccc1. The van der Waals surface area contributed by atoms with E-state index in [1.807, 2.05) is 34.9 Å². The van der Waals surface area contributed by atoms with Gasteiger partial charge in [0.2, 0.25) is 5.91 Å². The summed E-state index contributed by atoms with van der Waals surface area (Å²) in [4.78, 5) is 10.6. The molecule has 6 nitrogen and oxygen atoms in total. The number of nitrogens with one attached hydrogen (secondary N) is 1. The molecule has 1 heterocycles. The van der Waals surface area contributed by atoms with Gasteiger partial charge in [0.15, 0.2) is 5.82 Å². The van der Waals surface area contributed by atoms with Crippen molar-refractivity contribution in [3.05, 3.63) is 42.5 Å². The van der Waals surface area contributed by atoms with Crippen LogP contribution in [0.4, 0.5) is 0 Å². The van der Waals surface area contributed by atoms with Gasteiger partial charge < -0.3 is 11.1 Å². The fraction of sp³-hybridized carbons (Fsp3) is 0.182. The Labute approximate surface area is 98.5 Å². The van der Waals surface area contributed by atoms with Crippen LogP contribution in [0.2, 0.25) is 0 Å². The van der Waals surface area contributed by atoms with E-state index in [2.05, 4.69) is 15.5 Å². The predicted octanol–water partition coefficient (Wildman–Crippen LogP) is -0.158. The van der Waals surface area contributed by atoms with E-state index in [1.165, 1.54) is 0 Å². The smallest absolute Gasteiger partial charge is 0.231 e. The maximum absolute atomic E-state index is 10.6. The largest absolute Gasteiger partial charge is 0.369 e. The Balaban J connectivity index is 2.10. The van der Waals surface area contributed by atoms with E-state index < -0.39 is 5.91 Å². The summed E-state index contributed by atoms with van der Waals surface area (Å²) in [6.45, 7) is 0.569. The molecule has 2 aromatic rings. The fourth-order valence-electron chi connectivity index (χ4n) is 1.48. The van der Waals surface area contributed by atoms with Gasteiger partial charge in [-0.3, -0.25) is 9.36 Å². The number of rotatable bonds is 5. The van der Waals surface area contributed by atoms with Gasteiger partial charge in [0, 0.05) is 5.69 Å². The Kier molecular flexibility index (Phi) is 3.46. The number of amides is 1. The molecule has 0 saturated heterocycles. The number of primary amides is 1. The minimum absolute atomic E-state index is 0.127. The Morgan fingerprint density at radius 3 is 2.82 bits per heavy atom. The van der Waals surface area contributed by atoms with Crippen molar-refractivity contribution in [1.82, 2.24) is 20.1 Å².